The van der Waals surface area contributed by atoms with Gasteiger partial charge in [-0.3, -0.25) is 10.1 Å². The smallest absolute Gasteiger partial charge is 0.295 e. The molecule has 1 amide bonds. The molecule has 1 N–H and O–H groups in total. The van der Waals surface area contributed by atoms with E-state index in [-0.39, 0.29) is 5.82 Å². The highest BCUT2D eigenvalue weighted by Gasteiger charge is 2.18. The van der Waals surface area contributed by atoms with Gasteiger partial charge in [0.1, 0.15) is 0 Å². The number of para-hydroxylation sites is 1. The highest BCUT2D eigenvalue weighted by atomic mass is 32.1. The summed E-state index contributed by atoms with van der Waals surface area (Å²) in [6, 6.07) is 19.5. The largest absolute Gasteiger partial charge is 0.297 e. The van der Waals surface area contributed by atoms with Crippen molar-refractivity contribution in [2.45, 2.75) is 6.92 Å². The fourth-order valence-corrected chi connectivity index (χ4v) is 3.84. The molecule has 0 saturated heterocycles. The standard InChI is InChI=1S/C20H14N6OS/c1-12-11-15(13-7-3-2-4-8-13)26-19(21-12)23-17(25-26)18(27)24-20-22-14-9-5-6-10-16(14)28-20/h2-11H,1H3,(H,22,24,27). The number of carbonyl (C=O) groups excluding carboxylic acids is 1. The van der Waals surface area contributed by atoms with E-state index in [1.165, 1.54) is 11.3 Å². The van der Waals surface area contributed by atoms with E-state index >= 15 is 0 Å². The lowest BCUT2D eigenvalue weighted by Crippen LogP contribution is -2.13. The lowest BCUT2D eigenvalue weighted by molar-refractivity contribution is 0.101. The van der Waals surface area contributed by atoms with Gasteiger partial charge in [-0.2, -0.15) is 9.50 Å². The molecule has 0 fully saturated rings. The molecule has 3 aromatic heterocycles. The molecule has 0 aliphatic carbocycles. The van der Waals surface area contributed by atoms with Crippen LogP contribution in [-0.4, -0.2) is 30.5 Å². The number of anilines is 1. The van der Waals surface area contributed by atoms with Crippen molar-refractivity contribution >= 4 is 38.4 Å². The second kappa shape index (κ2) is 6.50. The van der Waals surface area contributed by atoms with Crippen LogP contribution < -0.4 is 5.32 Å². The summed E-state index contributed by atoms with van der Waals surface area (Å²) >= 11 is 1.41. The zero-order chi connectivity index (χ0) is 19.1. The molecule has 0 spiro atoms. The van der Waals surface area contributed by atoms with Gasteiger partial charge in [-0.15, -0.1) is 5.10 Å². The number of aromatic nitrogens is 5. The van der Waals surface area contributed by atoms with Crippen molar-refractivity contribution in [3.63, 3.8) is 0 Å². The summed E-state index contributed by atoms with van der Waals surface area (Å²) < 4.78 is 2.60. The third kappa shape index (κ3) is 2.89. The molecule has 2 aromatic carbocycles. The van der Waals surface area contributed by atoms with Gasteiger partial charge >= 0.3 is 0 Å². The van der Waals surface area contributed by atoms with Gasteiger partial charge in [0, 0.05) is 11.3 Å². The first-order chi connectivity index (χ1) is 13.7. The molecule has 0 radical (unpaired) electrons. The molecule has 0 atom stereocenters. The fraction of sp³-hybridized carbons (Fsp3) is 0.0500. The molecule has 5 aromatic rings. The summed E-state index contributed by atoms with van der Waals surface area (Å²) in [5.74, 6) is 0.0176. The molecule has 8 heteroatoms. The van der Waals surface area contributed by atoms with Crippen LogP contribution in [0.2, 0.25) is 0 Å². The van der Waals surface area contributed by atoms with Crippen LogP contribution in [0.1, 0.15) is 16.3 Å². The number of benzene rings is 2. The van der Waals surface area contributed by atoms with Crippen molar-refractivity contribution in [3.8, 4) is 11.3 Å². The minimum Gasteiger partial charge on any atom is -0.295 e. The van der Waals surface area contributed by atoms with E-state index in [0.29, 0.717) is 10.9 Å². The maximum atomic E-state index is 12.7. The minimum absolute atomic E-state index is 0.0505. The minimum atomic E-state index is -0.416. The summed E-state index contributed by atoms with van der Waals surface area (Å²) in [5, 5.41) is 7.68. The number of aryl methyl sites for hydroxylation is 1. The Bertz CT molecular complexity index is 1290. The van der Waals surface area contributed by atoms with Gasteiger partial charge in [0.15, 0.2) is 5.13 Å². The summed E-state index contributed by atoms with van der Waals surface area (Å²) in [6.07, 6.45) is 0. The van der Waals surface area contributed by atoms with Gasteiger partial charge in [0.2, 0.25) is 5.82 Å². The van der Waals surface area contributed by atoms with Crippen LogP contribution >= 0.6 is 11.3 Å². The maximum Gasteiger partial charge on any atom is 0.297 e. The van der Waals surface area contributed by atoms with E-state index in [1.807, 2.05) is 67.6 Å². The number of rotatable bonds is 3. The van der Waals surface area contributed by atoms with E-state index in [0.717, 1.165) is 27.2 Å². The Hall–Kier alpha value is -3.65. The summed E-state index contributed by atoms with van der Waals surface area (Å²) in [6.45, 7) is 1.89. The average molecular weight is 386 g/mol. The highest BCUT2D eigenvalue weighted by Crippen LogP contribution is 2.26. The Kier molecular flexibility index (Phi) is 3.84. The second-order valence-corrected chi connectivity index (χ2v) is 7.27. The van der Waals surface area contributed by atoms with E-state index in [2.05, 4.69) is 25.4 Å². The molecule has 136 valence electrons. The molecular weight excluding hydrogens is 372 g/mol. The van der Waals surface area contributed by atoms with Crippen LogP contribution in [0.4, 0.5) is 5.13 Å². The zero-order valence-electron chi connectivity index (χ0n) is 14.8. The van der Waals surface area contributed by atoms with E-state index in [4.69, 9.17) is 0 Å². The Morgan fingerprint density at radius 2 is 1.79 bits per heavy atom. The molecule has 0 unspecified atom stereocenters. The van der Waals surface area contributed by atoms with Gasteiger partial charge < -0.3 is 0 Å². The van der Waals surface area contributed by atoms with Crippen molar-refractivity contribution < 1.29 is 4.79 Å². The molecule has 7 nitrogen and oxygen atoms in total. The molecule has 5 rings (SSSR count). The lowest BCUT2D eigenvalue weighted by atomic mass is 10.1. The van der Waals surface area contributed by atoms with Gasteiger partial charge in [-0.05, 0) is 25.1 Å². The number of thiazole rings is 1. The Labute approximate surface area is 163 Å². The monoisotopic (exact) mass is 386 g/mol. The van der Waals surface area contributed by atoms with E-state index in [9.17, 15) is 4.79 Å². The number of amides is 1. The normalized spacial score (nSPS) is 11.2. The third-order valence-corrected chi connectivity index (χ3v) is 5.18. The topological polar surface area (TPSA) is 85.1 Å². The molecule has 0 aliphatic heterocycles. The number of hydrogen-bond donors (Lipinski definition) is 1. The molecule has 3 heterocycles. The number of nitrogens with one attached hydrogen (secondary N) is 1. The maximum absolute atomic E-state index is 12.7. The molecule has 0 aliphatic rings. The SMILES string of the molecule is Cc1cc(-c2ccccc2)n2nc(C(=O)Nc3nc4ccccc4s3)nc2n1. The van der Waals surface area contributed by atoms with Crippen molar-refractivity contribution in [2.75, 3.05) is 5.32 Å². The number of carbonyl (C=O) groups is 1. The van der Waals surface area contributed by atoms with Crippen molar-refractivity contribution in [3.05, 3.63) is 72.2 Å². The number of fused-ring (bicyclic) bond motifs is 2. The molecular formula is C20H14N6OS. The van der Waals surface area contributed by atoms with Crippen LogP contribution in [0, 0.1) is 6.92 Å². The fourth-order valence-electron chi connectivity index (χ4n) is 2.98. The van der Waals surface area contributed by atoms with Crippen molar-refractivity contribution in [1.82, 2.24) is 24.6 Å². The first-order valence-corrected chi connectivity index (χ1v) is 9.46. The van der Waals surface area contributed by atoms with E-state index in [1.54, 1.807) is 4.52 Å². The number of hydrogen-bond acceptors (Lipinski definition) is 6. The van der Waals surface area contributed by atoms with Crippen LogP contribution in [0.25, 0.3) is 27.3 Å². The van der Waals surface area contributed by atoms with Crippen molar-refractivity contribution in [1.29, 1.82) is 0 Å². The van der Waals surface area contributed by atoms with Gasteiger partial charge in [-0.25, -0.2) is 9.97 Å². The Morgan fingerprint density at radius 1 is 1.00 bits per heavy atom. The van der Waals surface area contributed by atoms with Crippen LogP contribution in [0.15, 0.2) is 60.7 Å². The summed E-state index contributed by atoms with van der Waals surface area (Å²) in [5.41, 5.74) is 3.45. The molecule has 0 bridgehead atoms. The first kappa shape index (κ1) is 16.5. The highest BCUT2D eigenvalue weighted by molar-refractivity contribution is 7.22. The summed E-state index contributed by atoms with van der Waals surface area (Å²) in [4.78, 5) is 25.8. The lowest BCUT2D eigenvalue weighted by Gasteiger charge is -2.04. The van der Waals surface area contributed by atoms with Gasteiger partial charge in [-0.1, -0.05) is 53.8 Å². The van der Waals surface area contributed by atoms with Crippen LogP contribution in [0.5, 0.6) is 0 Å². The van der Waals surface area contributed by atoms with Crippen molar-refractivity contribution in [2.24, 2.45) is 0 Å². The van der Waals surface area contributed by atoms with Gasteiger partial charge in [0.25, 0.3) is 11.7 Å². The Balaban J connectivity index is 1.53. The second-order valence-electron chi connectivity index (χ2n) is 6.24. The summed E-state index contributed by atoms with van der Waals surface area (Å²) in [7, 11) is 0. The number of nitrogens with zero attached hydrogens (tertiary/aromatic N) is 5. The van der Waals surface area contributed by atoms with Crippen LogP contribution in [0.3, 0.4) is 0 Å². The van der Waals surface area contributed by atoms with Crippen LogP contribution in [-0.2, 0) is 0 Å². The quantitative estimate of drug-likeness (QED) is 0.507. The zero-order valence-corrected chi connectivity index (χ0v) is 15.6. The molecule has 0 saturated carbocycles. The van der Waals surface area contributed by atoms with Gasteiger partial charge in [0.05, 0.1) is 15.9 Å². The predicted octanol–water partition coefficient (Wildman–Crippen LogP) is 3.96. The first-order valence-electron chi connectivity index (χ1n) is 8.64. The average Bonchev–Trinajstić information content (AvgIpc) is 3.31. The molecule has 28 heavy (non-hydrogen) atoms. The third-order valence-electron chi connectivity index (χ3n) is 4.23. The predicted molar refractivity (Wildman–Crippen MR) is 109 cm³/mol. The Morgan fingerprint density at radius 3 is 2.61 bits per heavy atom. The van der Waals surface area contributed by atoms with E-state index < -0.39 is 5.91 Å².